The molecule has 0 bridgehead atoms. The van der Waals surface area contributed by atoms with E-state index < -0.39 is 0 Å². The first-order valence-corrected chi connectivity index (χ1v) is 6.01. The fourth-order valence-electron chi connectivity index (χ4n) is 2.43. The number of aromatic amines is 1. The highest BCUT2D eigenvalue weighted by atomic mass is 15.1. The van der Waals surface area contributed by atoms with Gasteiger partial charge in [0, 0.05) is 25.5 Å². The monoisotopic (exact) mass is 215 g/mol. The van der Waals surface area contributed by atoms with Gasteiger partial charge in [-0.05, 0) is 30.9 Å². The summed E-state index contributed by atoms with van der Waals surface area (Å²) in [5.74, 6) is 0.870. The van der Waals surface area contributed by atoms with Crippen molar-refractivity contribution in [2.24, 2.45) is 5.92 Å². The number of aromatic nitrogens is 2. The lowest BCUT2D eigenvalue weighted by molar-refractivity contribution is 0.439. The summed E-state index contributed by atoms with van der Waals surface area (Å²) in [4.78, 5) is 10.2. The van der Waals surface area contributed by atoms with Crippen molar-refractivity contribution >= 4 is 16.7 Å². The lowest BCUT2D eigenvalue weighted by Crippen LogP contribution is -2.32. The van der Waals surface area contributed by atoms with Crippen molar-refractivity contribution in [3.8, 4) is 0 Å². The first-order chi connectivity index (χ1) is 7.84. The Hall–Kier alpha value is -1.51. The number of anilines is 1. The Morgan fingerprint density at radius 2 is 2.19 bits per heavy atom. The first kappa shape index (κ1) is 9.70. The maximum absolute atomic E-state index is 4.46. The highest BCUT2D eigenvalue weighted by molar-refractivity contribution is 5.89. The zero-order chi connectivity index (χ0) is 11.0. The predicted molar refractivity (Wildman–Crippen MR) is 66.7 cm³/mol. The number of rotatable bonds is 1. The number of hydrogen-bond donors (Lipinski definition) is 1. The van der Waals surface area contributed by atoms with Crippen LogP contribution in [0.25, 0.3) is 11.0 Å². The van der Waals surface area contributed by atoms with E-state index in [1.165, 1.54) is 18.5 Å². The molecule has 0 radical (unpaired) electrons. The number of piperidine rings is 1. The summed E-state index contributed by atoms with van der Waals surface area (Å²) in [5.41, 5.74) is 3.51. The van der Waals surface area contributed by atoms with E-state index in [0.29, 0.717) is 0 Å². The molecule has 2 aromatic heterocycles. The molecule has 0 spiro atoms. The molecular formula is C13H17N3. The Kier molecular flexibility index (Phi) is 2.31. The average Bonchev–Trinajstić information content (AvgIpc) is 2.74. The first-order valence-electron chi connectivity index (χ1n) is 6.01. The molecule has 1 aliphatic rings. The van der Waals surface area contributed by atoms with E-state index in [4.69, 9.17) is 0 Å². The van der Waals surface area contributed by atoms with Crippen LogP contribution in [0.3, 0.4) is 0 Å². The highest BCUT2D eigenvalue weighted by Crippen LogP contribution is 2.28. The molecule has 3 heteroatoms. The topological polar surface area (TPSA) is 31.9 Å². The van der Waals surface area contributed by atoms with E-state index in [1.54, 1.807) is 0 Å². The normalized spacial score (nSPS) is 18.2. The van der Waals surface area contributed by atoms with Gasteiger partial charge in [0.05, 0.1) is 11.2 Å². The maximum Gasteiger partial charge on any atom is 0.111 e. The molecule has 1 N–H and O–H groups in total. The molecule has 0 aliphatic carbocycles. The van der Waals surface area contributed by atoms with E-state index in [-0.39, 0.29) is 0 Å². The van der Waals surface area contributed by atoms with Gasteiger partial charge in [0.2, 0.25) is 0 Å². The van der Waals surface area contributed by atoms with Gasteiger partial charge in [0.1, 0.15) is 5.52 Å². The average molecular weight is 215 g/mol. The molecule has 3 nitrogen and oxygen atoms in total. The van der Waals surface area contributed by atoms with Gasteiger partial charge >= 0.3 is 0 Å². The maximum atomic E-state index is 4.46. The van der Waals surface area contributed by atoms with Gasteiger partial charge in [0.15, 0.2) is 0 Å². The van der Waals surface area contributed by atoms with Gasteiger partial charge in [-0.2, -0.15) is 0 Å². The minimum Gasteiger partial charge on any atom is -0.369 e. The largest absolute Gasteiger partial charge is 0.369 e. The number of H-pyrrole nitrogens is 1. The van der Waals surface area contributed by atoms with Crippen molar-refractivity contribution in [1.29, 1.82) is 0 Å². The SMILES string of the molecule is CC1CCN(c2c[nH]c3cccnc23)CC1. The molecule has 84 valence electrons. The number of nitrogens with one attached hydrogen (secondary N) is 1. The number of fused-ring (bicyclic) bond motifs is 1. The van der Waals surface area contributed by atoms with Crippen LogP contribution in [0.15, 0.2) is 24.5 Å². The summed E-state index contributed by atoms with van der Waals surface area (Å²) in [5, 5.41) is 0. The van der Waals surface area contributed by atoms with E-state index >= 15 is 0 Å². The molecule has 3 rings (SSSR count). The van der Waals surface area contributed by atoms with Crippen molar-refractivity contribution in [3.63, 3.8) is 0 Å². The predicted octanol–water partition coefficient (Wildman–Crippen LogP) is 2.80. The third-order valence-electron chi connectivity index (χ3n) is 3.54. The second-order valence-electron chi connectivity index (χ2n) is 4.74. The van der Waals surface area contributed by atoms with Gasteiger partial charge in [-0.25, -0.2) is 0 Å². The molecule has 3 heterocycles. The van der Waals surface area contributed by atoms with Crippen LogP contribution in [0.5, 0.6) is 0 Å². The fourth-order valence-corrected chi connectivity index (χ4v) is 2.43. The minimum atomic E-state index is 0.870. The smallest absolute Gasteiger partial charge is 0.111 e. The Bertz CT molecular complexity index is 481. The van der Waals surface area contributed by atoms with E-state index in [0.717, 1.165) is 30.0 Å². The van der Waals surface area contributed by atoms with Gasteiger partial charge in [-0.1, -0.05) is 6.92 Å². The van der Waals surface area contributed by atoms with Crippen LogP contribution in [0.4, 0.5) is 5.69 Å². The summed E-state index contributed by atoms with van der Waals surface area (Å²) < 4.78 is 0. The van der Waals surface area contributed by atoms with Crippen molar-refractivity contribution in [2.45, 2.75) is 19.8 Å². The standard InChI is InChI=1S/C13H17N3/c1-10-4-7-16(8-5-10)12-9-15-11-3-2-6-14-13(11)12/h2-3,6,9-10,15H,4-5,7-8H2,1H3. The third-order valence-corrected chi connectivity index (χ3v) is 3.54. The molecular weight excluding hydrogens is 198 g/mol. The van der Waals surface area contributed by atoms with Crippen LogP contribution < -0.4 is 4.90 Å². The van der Waals surface area contributed by atoms with Gasteiger partial charge in [-0.15, -0.1) is 0 Å². The number of pyridine rings is 1. The van der Waals surface area contributed by atoms with Gasteiger partial charge in [0.25, 0.3) is 0 Å². The van der Waals surface area contributed by atoms with Crippen LogP contribution in [0.2, 0.25) is 0 Å². The quantitative estimate of drug-likeness (QED) is 0.793. The van der Waals surface area contributed by atoms with Crippen LogP contribution in [-0.4, -0.2) is 23.1 Å². The summed E-state index contributed by atoms with van der Waals surface area (Å²) in [6.07, 6.45) is 6.54. The van der Waals surface area contributed by atoms with Crippen molar-refractivity contribution in [1.82, 2.24) is 9.97 Å². The highest BCUT2D eigenvalue weighted by Gasteiger charge is 2.18. The Morgan fingerprint density at radius 1 is 1.38 bits per heavy atom. The fraction of sp³-hybridized carbons (Fsp3) is 0.462. The number of nitrogens with zero attached hydrogens (tertiary/aromatic N) is 2. The Morgan fingerprint density at radius 3 is 3.00 bits per heavy atom. The van der Waals surface area contributed by atoms with Crippen LogP contribution >= 0.6 is 0 Å². The van der Waals surface area contributed by atoms with Crippen molar-refractivity contribution in [3.05, 3.63) is 24.5 Å². The summed E-state index contributed by atoms with van der Waals surface area (Å²) in [7, 11) is 0. The second kappa shape index (κ2) is 3.81. The molecule has 0 unspecified atom stereocenters. The molecule has 1 fully saturated rings. The molecule has 1 saturated heterocycles. The van der Waals surface area contributed by atoms with E-state index in [1.807, 2.05) is 12.3 Å². The molecule has 0 atom stereocenters. The van der Waals surface area contributed by atoms with Crippen LogP contribution in [0, 0.1) is 5.92 Å². The zero-order valence-corrected chi connectivity index (χ0v) is 9.61. The lowest BCUT2D eigenvalue weighted by atomic mass is 9.99. The summed E-state index contributed by atoms with van der Waals surface area (Å²) in [6, 6.07) is 4.05. The van der Waals surface area contributed by atoms with Crippen LogP contribution in [-0.2, 0) is 0 Å². The Balaban J connectivity index is 1.94. The van der Waals surface area contributed by atoms with Crippen molar-refractivity contribution < 1.29 is 0 Å². The van der Waals surface area contributed by atoms with Gasteiger partial charge in [-0.3, -0.25) is 4.98 Å². The molecule has 16 heavy (non-hydrogen) atoms. The molecule has 2 aromatic rings. The van der Waals surface area contributed by atoms with E-state index in [9.17, 15) is 0 Å². The number of hydrogen-bond acceptors (Lipinski definition) is 2. The third kappa shape index (κ3) is 1.56. The Labute approximate surface area is 95.5 Å². The molecule has 0 amide bonds. The summed E-state index contributed by atoms with van der Waals surface area (Å²) >= 11 is 0. The minimum absolute atomic E-state index is 0.870. The van der Waals surface area contributed by atoms with E-state index in [2.05, 4.69) is 34.1 Å². The summed E-state index contributed by atoms with van der Waals surface area (Å²) in [6.45, 7) is 4.65. The molecule has 0 aromatic carbocycles. The van der Waals surface area contributed by atoms with Crippen molar-refractivity contribution in [2.75, 3.05) is 18.0 Å². The van der Waals surface area contributed by atoms with Crippen LogP contribution in [0.1, 0.15) is 19.8 Å². The second-order valence-corrected chi connectivity index (χ2v) is 4.74. The lowest BCUT2D eigenvalue weighted by Gasteiger charge is -2.31. The zero-order valence-electron chi connectivity index (χ0n) is 9.61. The molecule has 0 saturated carbocycles. The molecule has 1 aliphatic heterocycles. The van der Waals surface area contributed by atoms with Gasteiger partial charge < -0.3 is 9.88 Å².